The van der Waals surface area contributed by atoms with E-state index in [1.807, 2.05) is 32.0 Å². The molecule has 0 spiro atoms. The molecule has 2 N–H and O–H groups in total. The lowest BCUT2D eigenvalue weighted by Gasteiger charge is -2.23. The maximum Gasteiger partial charge on any atom is 0.225 e. The maximum atomic E-state index is 6.10. The highest BCUT2D eigenvalue weighted by molar-refractivity contribution is 5.29. The van der Waals surface area contributed by atoms with Crippen LogP contribution in [0.5, 0.6) is 0 Å². The van der Waals surface area contributed by atoms with Crippen molar-refractivity contribution in [2.24, 2.45) is 5.73 Å². The second kappa shape index (κ2) is 3.92. The summed E-state index contributed by atoms with van der Waals surface area (Å²) in [6.07, 6.45) is 2.61. The van der Waals surface area contributed by atoms with Crippen molar-refractivity contribution < 1.29 is 0 Å². The van der Waals surface area contributed by atoms with Crippen molar-refractivity contribution in [3.63, 3.8) is 0 Å². The van der Waals surface area contributed by atoms with Gasteiger partial charge in [0.25, 0.3) is 0 Å². The Labute approximate surface area is 85.2 Å². The van der Waals surface area contributed by atoms with Gasteiger partial charge in [0.1, 0.15) is 0 Å². The molecule has 1 aromatic rings. The molecule has 0 saturated carbocycles. The molecule has 0 aliphatic rings. The third-order valence-electron chi connectivity index (χ3n) is 2.36. The molecule has 0 aliphatic heterocycles. The van der Waals surface area contributed by atoms with Gasteiger partial charge in [-0.25, -0.2) is 9.97 Å². The third-order valence-corrected chi connectivity index (χ3v) is 2.36. The monoisotopic (exact) mass is 194 g/mol. The number of nitrogens with two attached hydrogens (primary N) is 1. The Balaban J connectivity index is 3.05. The summed E-state index contributed by atoms with van der Waals surface area (Å²) >= 11 is 0. The van der Waals surface area contributed by atoms with Crippen LogP contribution in [0, 0.1) is 0 Å². The van der Waals surface area contributed by atoms with Crippen molar-refractivity contribution in [1.82, 2.24) is 9.97 Å². The molecule has 0 aliphatic carbocycles. The van der Waals surface area contributed by atoms with Crippen molar-refractivity contribution in [3.8, 4) is 0 Å². The molecule has 78 valence electrons. The van der Waals surface area contributed by atoms with E-state index in [4.69, 9.17) is 5.73 Å². The Kier molecular flexibility index (Phi) is 3.06. The van der Waals surface area contributed by atoms with E-state index >= 15 is 0 Å². The normalized spacial score (nSPS) is 14.9. The first-order valence-corrected chi connectivity index (χ1v) is 4.77. The van der Waals surface area contributed by atoms with E-state index < -0.39 is 0 Å². The molecule has 4 nitrogen and oxygen atoms in total. The summed E-state index contributed by atoms with van der Waals surface area (Å²) in [5, 5.41) is 0. The van der Waals surface area contributed by atoms with Crippen LogP contribution in [0.2, 0.25) is 0 Å². The molecule has 1 heterocycles. The molecule has 1 atom stereocenters. The summed E-state index contributed by atoms with van der Waals surface area (Å²) < 4.78 is 0. The molecular weight excluding hydrogens is 176 g/mol. The lowest BCUT2D eigenvalue weighted by molar-refractivity contribution is 0.461. The largest absolute Gasteiger partial charge is 0.347 e. The first kappa shape index (κ1) is 10.9. The highest BCUT2D eigenvalue weighted by Gasteiger charge is 2.20. The van der Waals surface area contributed by atoms with Crippen molar-refractivity contribution in [1.29, 1.82) is 0 Å². The average molecular weight is 194 g/mol. The second-order valence-electron chi connectivity index (χ2n) is 3.91. The summed E-state index contributed by atoms with van der Waals surface area (Å²) in [6, 6.07) is 1.87. The van der Waals surface area contributed by atoms with Crippen molar-refractivity contribution in [2.75, 3.05) is 19.0 Å². The molecule has 1 rings (SSSR count). The SMILES string of the molecule is CCC(C)(N)c1ccnc(N(C)C)n1. The topological polar surface area (TPSA) is 55.0 Å². The number of hydrogen-bond donors (Lipinski definition) is 1. The zero-order valence-electron chi connectivity index (χ0n) is 9.28. The fourth-order valence-electron chi connectivity index (χ4n) is 1.06. The predicted molar refractivity (Wildman–Crippen MR) is 58.2 cm³/mol. The summed E-state index contributed by atoms with van der Waals surface area (Å²) in [4.78, 5) is 10.4. The van der Waals surface area contributed by atoms with Crippen LogP contribution in [0.15, 0.2) is 12.3 Å². The Morgan fingerprint density at radius 3 is 2.64 bits per heavy atom. The zero-order valence-corrected chi connectivity index (χ0v) is 9.28. The number of hydrogen-bond acceptors (Lipinski definition) is 4. The minimum absolute atomic E-state index is 0.367. The van der Waals surface area contributed by atoms with Gasteiger partial charge in [0.15, 0.2) is 0 Å². The lowest BCUT2D eigenvalue weighted by Crippen LogP contribution is -2.33. The van der Waals surface area contributed by atoms with Crippen molar-refractivity contribution >= 4 is 5.95 Å². The van der Waals surface area contributed by atoms with Crippen LogP contribution in [0.4, 0.5) is 5.95 Å². The summed E-state index contributed by atoms with van der Waals surface area (Å²) in [5.74, 6) is 0.702. The Morgan fingerprint density at radius 2 is 2.14 bits per heavy atom. The van der Waals surface area contributed by atoms with Gasteiger partial charge in [-0.15, -0.1) is 0 Å². The summed E-state index contributed by atoms with van der Waals surface area (Å²) in [5.41, 5.74) is 6.62. The zero-order chi connectivity index (χ0) is 10.8. The maximum absolute atomic E-state index is 6.10. The van der Waals surface area contributed by atoms with Gasteiger partial charge in [-0.1, -0.05) is 6.92 Å². The van der Waals surface area contributed by atoms with Crippen LogP contribution >= 0.6 is 0 Å². The molecule has 0 radical (unpaired) electrons. The highest BCUT2D eigenvalue weighted by atomic mass is 15.2. The molecule has 0 amide bonds. The minimum Gasteiger partial charge on any atom is -0.347 e. The Morgan fingerprint density at radius 1 is 1.50 bits per heavy atom. The summed E-state index contributed by atoms with van der Waals surface area (Å²) in [6.45, 7) is 4.03. The Bertz CT molecular complexity index is 307. The average Bonchev–Trinajstić information content (AvgIpc) is 2.18. The highest BCUT2D eigenvalue weighted by Crippen LogP contribution is 2.19. The van der Waals surface area contributed by atoms with E-state index in [0.717, 1.165) is 12.1 Å². The van der Waals surface area contributed by atoms with Gasteiger partial charge in [0.2, 0.25) is 5.95 Å². The summed E-state index contributed by atoms with van der Waals surface area (Å²) in [7, 11) is 3.83. The second-order valence-corrected chi connectivity index (χ2v) is 3.91. The molecule has 0 bridgehead atoms. The third kappa shape index (κ3) is 2.20. The number of rotatable bonds is 3. The van der Waals surface area contributed by atoms with Crippen LogP contribution in [-0.2, 0) is 5.54 Å². The van der Waals surface area contributed by atoms with Gasteiger partial charge < -0.3 is 10.6 Å². The van der Waals surface area contributed by atoms with E-state index in [1.54, 1.807) is 6.20 Å². The van der Waals surface area contributed by atoms with Crippen molar-refractivity contribution in [2.45, 2.75) is 25.8 Å². The number of aromatic nitrogens is 2. The van der Waals surface area contributed by atoms with Crippen LogP contribution < -0.4 is 10.6 Å². The van der Waals surface area contributed by atoms with Gasteiger partial charge in [-0.2, -0.15) is 0 Å². The van der Waals surface area contributed by atoms with Gasteiger partial charge in [-0.3, -0.25) is 0 Å². The molecule has 0 aromatic carbocycles. The fourth-order valence-corrected chi connectivity index (χ4v) is 1.06. The van der Waals surface area contributed by atoms with E-state index in [1.165, 1.54) is 0 Å². The van der Waals surface area contributed by atoms with Gasteiger partial charge >= 0.3 is 0 Å². The molecule has 1 unspecified atom stereocenters. The van der Waals surface area contributed by atoms with Gasteiger partial charge in [0.05, 0.1) is 11.2 Å². The predicted octanol–water partition coefficient (Wildman–Crippen LogP) is 1.13. The van der Waals surface area contributed by atoms with Crippen LogP contribution in [0.25, 0.3) is 0 Å². The minimum atomic E-state index is -0.367. The molecule has 4 heteroatoms. The van der Waals surface area contributed by atoms with E-state index in [0.29, 0.717) is 5.95 Å². The lowest BCUT2D eigenvalue weighted by atomic mass is 9.96. The quantitative estimate of drug-likeness (QED) is 0.783. The van der Waals surface area contributed by atoms with Crippen LogP contribution in [-0.4, -0.2) is 24.1 Å². The molecule has 1 aromatic heterocycles. The van der Waals surface area contributed by atoms with E-state index in [-0.39, 0.29) is 5.54 Å². The van der Waals surface area contributed by atoms with Crippen molar-refractivity contribution in [3.05, 3.63) is 18.0 Å². The van der Waals surface area contributed by atoms with Gasteiger partial charge in [0, 0.05) is 20.3 Å². The number of nitrogens with zero attached hydrogens (tertiary/aromatic N) is 3. The molecule has 0 fully saturated rings. The smallest absolute Gasteiger partial charge is 0.225 e. The van der Waals surface area contributed by atoms with Crippen LogP contribution in [0.1, 0.15) is 26.0 Å². The first-order valence-electron chi connectivity index (χ1n) is 4.77. The fraction of sp³-hybridized carbons (Fsp3) is 0.600. The first-order chi connectivity index (χ1) is 6.47. The molecule has 0 saturated heterocycles. The standard InChI is InChI=1S/C10H18N4/c1-5-10(2,11)8-6-7-12-9(13-8)14(3)4/h6-7H,5,11H2,1-4H3. The van der Waals surface area contributed by atoms with E-state index in [9.17, 15) is 0 Å². The van der Waals surface area contributed by atoms with Gasteiger partial charge in [-0.05, 0) is 19.4 Å². The number of anilines is 1. The molecular formula is C10H18N4. The van der Waals surface area contributed by atoms with Crippen LogP contribution in [0.3, 0.4) is 0 Å². The van der Waals surface area contributed by atoms with E-state index in [2.05, 4.69) is 16.9 Å². The molecule has 14 heavy (non-hydrogen) atoms. The Hall–Kier alpha value is -1.16.